The van der Waals surface area contributed by atoms with E-state index in [1.54, 1.807) is 0 Å². The molecule has 2 aromatic carbocycles. The molecule has 0 saturated carbocycles. The van der Waals surface area contributed by atoms with Gasteiger partial charge in [0, 0.05) is 5.02 Å². The summed E-state index contributed by atoms with van der Waals surface area (Å²) in [5.74, 6) is 0. The van der Waals surface area contributed by atoms with E-state index in [9.17, 15) is 5.11 Å². The molecule has 112 valence electrons. The predicted molar refractivity (Wildman–Crippen MR) is 88.7 cm³/mol. The Morgan fingerprint density at radius 2 is 1.52 bits per heavy atom. The Hall–Kier alpha value is -1.35. The van der Waals surface area contributed by atoms with E-state index in [4.69, 9.17) is 11.6 Å². The third-order valence-electron chi connectivity index (χ3n) is 3.72. The summed E-state index contributed by atoms with van der Waals surface area (Å²) in [6.45, 7) is 0.947. The molecule has 0 unspecified atom stereocenters. The van der Waals surface area contributed by atoms with Gasteiger partial charge < -0.3 is 10.0 Å². The van der Waals surface area contributed by atoms with Gasteiger partial charge in [0.2, 0.25) is 0 Å². The molecule has 0 spiro atoms. The van der Waals surface area contributed by atoms with E-state index in [-0.39, 0.29) is 0 Å². The van der Waals surface area contributed by atoms with E-state index in [1.807, 2.05) is 68.7 Å². The largest absolute Gasteiger partial charge is 0.380 e. The molecule has 2 nitrogen and oxygen atoms in total. The molecule has 0 aromatic heterocycles. The molecule has 3 heteroatoms. The average molecular weight is 304 g/mol. The van der Waals surface area contributed by atoms with E-state index in [1.165, 1.54) is 0 Å². The maximum absolute atomic E-state index is 11.3. The van der Waals surface area contributed by atoms with Crippen molar-refractivity contribution in [3.05, 3.63) is 70.7 Å². The van der Waals surface area contributed by atoms with Crippen molar-refractivity contribution in [3.63, 3.8) is 0 Å². The zero-order valence-electron chi connectivity index (χ0n) is 12.6. The zero-order valence-corrected chi connectivity index (χ0v) is 13.3. The maximum Gasteiger partial charge on any atom is 0.115 e. The minimum absolute atomic E-state index is 0.677. The number of aliphatic hydroxyl groups is 1. The standard InChI is InChI=1S/C18H22ClNO/c1-20(2)14-6-13-18(21,15-7-4-3-5-8-15)16-9-11-17(19)12-10-16/h3-5,7-12,21H,6,13-14H2,1-2H3/t18-/m1/s1. The number of halogens is 1. The Balaban J connectivity index is 2.31. The van der Waals surface area contributed by atoms with Crippen LogP contribution in [0.15, 0.2) is 54.6 Å². The molecule has 0 amide bonds. The molecular weight excluding hydrogens is 282 g/mol. The van der Waals surface area contributed by atoms with Crippen molar-refractivity contribution in [1.82, 2.24) is 4.90 Å². The number of rotatable bonds is 6. The van der Waals surface area contributed by atoms with Crippen LogP contribution in [0.1, 0.15) is 24.0 Å². The molecule has 0 fully saturated rings. The number of hydrogen-bond acceptors (Lipinski definition) is 2. The highest BCUT2D eigenvalue weighted by molar-refractivity contribution is 6.30. The molecule has 1 atom stereocenters. The minimum atomic E-state index is -0.970. The normalized spacial score (nSPS) is 14.1. The van der Waals surface area contributed by atoms with Crippen LogP contribution in [0.4, 0.5) is 0 Å². The van der Waals surface area contributed by atoms with Crippen LogP contribution >= 0.6 is 11.6 Å². The van der Waals surface area contributed by atoms with E-state index < -0.39 is 5.60 Å². The van der Waals surface area contributed by atoms with Crippen molar-refractivity contribution in [2.75, 3.05) is 20.6 Å². The summed E-state index contributed by atoms with van der Waals surface area (Å²) < 4.78 is 0. The van der Waals surface area contributed by atoms with Gasteiger partial charge in [-0.15, -0.1) is 0 Å². The van der Waals surface area contributed by atoms with Gasteiger partial charge in [0.1, 0.15) is 5.60 Å². The van der Waals surface area contributed by atoms with Crippen molar-refractivity contribution in [3.8, 4) is 0 Å². The second-order valence-corrected chi connectivity index (χ2v) is 6.08. The average Bonchev–Trinajstić information content (AvgIpc) is 2.48. The Kier molecular flexibility index (Phi) is 5.40. The van der Waals surface area contributed by atoms with Gasteiger partial charge in [0.05, 0.1) is 0 Å². The zero-order chi connectivity index (χ0) is 15.3. The molecule has 0 aliphatic rings. The molecule has 0 heterocycles. The van der Waals surface area contributed by atoms with Gasteiger partial charge in [-0.2, -0.15) is 0 Å². The molecule has 0 aliphatic carbocycles. The van der Waals surface area contributed by atoms with Crippen LogP contribution in [0.2, 0.25) is 5.02 Å². The van der Waals surface area contributed by atoms with E-state index in [0.29, 0.717) is 11.4 Å². The molecular formula is C18H22ClNO. The van der Waals surface area contributed by atoms with Crippen molar-refractivity contribution in [1.29, 1.82) is 0 Å². The quantitative estimate of drug-likeness (QED) is 0.874. The Morgan fingerprint density at radius 1 is 0.952 bits per heavy atom. The summed E-state index contributed by atoms with van der Waals surface area (Å²) >= 11 is 5.97. The van der Waals surface area contributed by atoms with Crippen LogP contribution in [0, 0.1) is 0 Å². The fourth-order valence-electron chi connectivity index (χ4n) is 2.55. The smallest absolute Gasteiger partial charge is 0.115 e. The second kappa shape index (κ2) is 7.08. The molecule has 2 aromatic rings. The monoisotopic (exact) mass is 303 g/mol. The van der Waals surface area contributed by atoms with E-state index in [2.05, 4.69) is 4.90 Å². The van der Waals surface area contributed by atoms with Gasteiger partial charge in [0.25, 0.3) is 0 Å². The van der Waals surface area contributed by atoms with Crippen LogP contribution in [0.25, 0.3) is 0 Å². The lowest BCUT2D eigenvalue weighted by Gasteiger charge is -2.30. The SMILES string of the molecule is CN(C)CCC[C@@](O)(c1ccccc1)c1ccc(Cl)cc1. The fraction of sp³-hybridized carbons (Fsp3) is 0.333. The molecule has 2 rings (SSSR count). The first-order valence-electron chi connectivity index (χ1n) is 7.21. The summed E-state index contributed by atoms with van der Waals surface area (Å²) in [7, 11) is 4.09. The van der Waals surface area contributed by atoms with Gasteiger partial charge in [0.15, 0.2) is 0 Å². The van der Waals surface area contributed by atoms with Gasteiger partial charge >= 0.3 is 0 Å². The second-order valence-electron chi connectivity index (χ2n) is 5.64. The van der Waals surface area contributed by atoms with Crippen LogP contribution < -0.4 is 0 Å². The van der Waals surface area contributed by atoms with Crippen LogP contribution in [-0.2, 0) is 5.60 Å². The van der Waals surface area contributed by atoms with Crippen molar-refractivity contribution in [2.24, 2.45) is 0 Å². The fourth-order valence-corrected chi connectivity index (χ4v) is 2.67. The first-order valence-corrected chi connectivity index (χ1v) is 7.59. The molecule has 21 heavy (non-hydrogen) atoms. The summed E-state index contributed by atoms with van der Waals surface area (Å²) in [5, 5.41) is 12.0. The molecule has 0 aliphatic heterocycles. The third kappa shape index (κ3) is 4.07. The summed E-state index contributed by atoms with van der Waals surface area (Å²) in [6, 6.07) is 17.3. The minimum Gasteiger partial charge on any atom is -0.380 e. The van der Waals surface area contributed by atoms with Gasteiger partial charge in [-0.1, -0.05) is 54.1 Å². The molecule has 1 N–H and O–H groups in total. The molecule has 0 radical (unpaired) electrons. The highest BCUT2D eigenvalue weighted by atomic mass is 35.5. The molecule has 0 bridgehead atoms. The Labute approximate surface area is 132 Å². The topological polar surface area (TPSA) is 23.5 Å². The molecule has 0 saturated heterocycles. The Bertz CT molecular complexity index is 553. The van der Waals surface area contributed by atoms with Crippen LogP contribution in [0.5, 0.6) is 0 Å². The number of nitrogens with zero attached hydrogens (tertiary/aromatic N) is 1. The summed E-state index contributed by atoms with van der Waals surface area (Å²) in [6.07, 6.45) is 1.60. The first kappa shape index (κ1) is 16.0. The maximum atomic E-state index is 11.3. The van der Waals surface area contributed by atoms with Crippen molar-refractivity contribution >= 4 is 11.6 Å². The van der Waals surface area contributed by atoms with Crippen molar-refractivity contribution in [2.45, 2.75) is 18.4 Å². The van der Waals surface area contributed by atoms with Gasteiger partial charge in [-0.25, -0.2) is 0 Å². The van der Waals surface area contributed by atoms with Crippen molar-refractivity contribution < 1.29 is 5.11 Å². The lowest BCUT2D eigenvalue weighted by atomic mass is 9.82. The Morgan fingerprint density at radius 3 is 2.10 bits per heavy atom. The number of hydrogen-bond donors (Lipinski definition) is 1. The summed E-state index contributed by atoms with van der Waals surface area (Å²) in [4.78, 5) is 2.13. The van der Waals surface area contributed by atoms with Gasteiger partial charge in [-0.3, -0.25) is 0 Å². The summed E-state index contributed by atoms with van der Waals surface area (Å²) in [5.41, 5.74) is 0.838. The van der Waals surface area contributed by atoms with E-state index in [0.717, 1.165) is 24.1 Å². The third-order valence-corrected chi connectivity index (χ3v) is 3.97. The van der Waals surface area contributed by atoms with Gasteiger partial charge in [-0.05, 0) is 56.7 Å². The lowest BCUT2D eigenvalue weighted by Crippen LogP contribution is -2.28. The predicted octanol–water partition coefficient (Wildman–Crippen LogP) is 3.92. The van der Waals surface area contributed by atoms with Crippen LogP contribution in [-0.4, -0.2) is 30.6 Å². The lowest BCUT2D eigenvalue weighted by molar-refractivity contribution is 0.0665. The highest BCUT2D eigenvalue weighted by Gasteiger charge is 2.30. The first-order chi connectivity index (χ1) is 10.0. The van der Waals surface area contributed by atoms with E-state index >= 15 is 0 Å². The number of benzene rings is 2. The van der Waals surface area contributed by atoms with Crippen LogP contribution in [0.3, 0.4) is 0 Å². The highest BCUT2D eigenvalue weighted by Crippen LogP contribution is 2.34.